The van der Waals surface area contributed by atoms with E-state index in [9.17, 15) is 4.79 Å². The largest absolute Gasteiger partial charge is 0.504 e. The number of hydrogen-bond acceptors (Lipinski definition) is 4. The predicted octanol–water partition coefficient (Wildman–Crippen LogP) is -0.514. The summed E-state index contributed by atoms with van der Waals surface area (Å²) in [6.45, 7) is 0. The Labute approximate surface area is 80.4 Å². The van der Waals surface area contributed by atoms with Crippen molar-refractivity contribution in [1.82, 2.24) is 0 Å². The fourth-order valence-electron chi connectivity index (χ4n) is 1.02. The minimum absolute atomic E-state index is 0.0170. The molecule has 1 atom stereocenters. The van der Waals surface area contributed by atoms with E-state index in [1.54, 1.807) is 0 Å². The molecule has 0 spiro atoms. The van der Waals surface area contributed by atoms with Crippen molar-refractivity contribution in [2.45, 2.75) is 12.5 Å². The Bertz CT molecular complexity index is 351. The van der Waals surface area contributed by atoms with Crippen molar-refractivity contribution in [3.8, 4) is 11.5 Å². The molecule has 0 saturated heterocycles. The minimum atomic E-state index is -1.28. The van der Waals surface area contributed by atoms with E-state index in [-0.39, 0.29) is 17.9 Å². The van der Waals surface area contributed by atoms with Gasteiger partial charge in [-0.1, -0.05) is 6.07 Å². The highest BCUT2D eigenvalue weighted by atomic mass is 16.3. The molecule has 14 heavy (non-hydrogen) atoms. The van der Waals surface area contributed by atoms with E-state index in [0.29, 0.717) is 5.56 Å². The first kappa shape index (κ1) is 10.3. The van der Waals surface area contributed by atoms with Crippen molar-refractivity contribution < 1.29 is 20.1 Å². The van der Waals surface area contributed by atoms with Crippen LogP contribution in [0.1, 0.15) is 5.56 Å². The van der Waals surface area contributed by atoms with Crippen LogP contribution >= 0.6 is 0 Å². The first-order valence-electron chi connectivity index (χ1n) is 3.99. The highest BCUT2D eigenvalue weighted by molar-refractivity contribution is 5.78. The summed E-state index contributed by atoms with van der Waals surface area (Å²) in [5.74, 6) is -1.36. The number of benzene rings is 1. The molecule has 0 fully saturated rings. The number of carbonyl (C=O) groups is 1. The van der Waals surface area contributed by atoms with E-state index in [1.807, 2.05) is 0 Å². The number of nitrogens with two attached hydrogens (primary N) is 1. The average molecular weight is 197 g/mol. The Morgan fingerprint density at radius 2 is 2.00 bits per heavy atom. The first-order valence-corrected chi connectivity index (χ1v) is 3.99. The van der Waals surface area contributed by atoms with Crippen LogP contribution in [0, 0.1) is 0 Å². The fourth-order valence-corrected chi connectivity index (χ4v) is 1.02. The second-order valence-corrected chi connectivity index (χ2v) is 2.95. The molecule has 0 bridgehead atoms. The number of hydrogen-bond donors (Lipinski definition) is 4. The van der Waals surface area contributed by atoms with Crippen LogP contribution in [0.2, 0.25) is 0 Å². The van der Waals surface area contributed by atoms with E-state index in [2.05, 4.69) is 0 Å². The number of aliphatic hydroxyl groups excluding tert-OH is 1. The van der Waals surface area contributed by atoms with Gasteiger partial charge in [0.05, 0.1) is 0 Å². The van der Waals surface area contributed by atoms with Crippen molar-refractivity contribution in [2.24, 2.45) is 5.73 Å². The molecule has 0 aliphatic carbocycles. The van der Waals surface area contributed by atoms with Crippen LogP contribution in [0.25, 0.3) is 0 Å². The Hall–Kier alpha value is -1.75. The summed E-state index contributed by atoms with van der Waals surface area (Å²) < 4.78 is 0. The highest BCUT2D eigenvalue weighted by Gasteiger charge is 2.12. The van der Waals surface area contributed by atoms with Gasteiger partial charge in [-0.05, 0) is 17.7 Å². The molecular formula is C9H11NO4. The summed E-state index contributed by atoms with van der Waals surface area (Å²) in [5, 5.41) is 27.2. The van der Waals surface area contributed by atoms with Crippen LogP contribution in [0.3, 0.4) is 0 Å². The third kappa shape index (κ3) is 2.37. The lowest BCUT2D eigenvalue weighted by Crippen LogP contribution is -2.29. The molecule has 76 valence electrons. The zero-order valence-corrected chi connectivity index (χ0v) is 7.34. The maximum Gasteiger partial charge on any atom is 0.246 e. The molecule has 1 rings (SSSR count). The van der Waals surface area contributed by atoms with Gasteiger partial charge in [0, 0.05) is 6.42 Å². The molecule has 0 aromatic heterocycles. The van der Waals surface area contributed by atoms with Gasteiger partial charge in [-0.25, -0.2) is 0 Å². The van der Waals surface area contributed by atoms with Gasteiger partial charge in [0.25, 0.3) is 0 Å². The molecule has 5 heteroatoms. The fraction of sp³-hybridized carbons (Fsp3) is 0.222. The van der Waals surface area contributed by atoms with E-state index < -0.39 is 12.0 Å². The monoisotopic (exact) mass is 197 g/mol. The molecule has 1 aromatic carbocycles. The number of aromatic hydroxyl groups is 2. The SMILES string of the molecule is NC(=O)[C@H](O)Cc1ccc(O)c(O)c1. The lowest BCUT2D eigenvalue weighted by Gasteiger charge is -2.07. The Balaban J connectivity index is 2.78. The standard InChI is InChI=1S/C9H11NO4/c10-9(14)8(13)4-5-1-2-6(11)7(12)3-5/h1-3,8,11-13H,4H2,(H2,10,14)/t8-/m1/s1. The molecule has 0 aliphatic heterocycles. The molecule has 0 saturated carbocycles. The predicted molar refractivity (Wildman–Crippen MR) is 48.7 cm³/mol. The number of aliphatic hydroxyl groups is 1. The van der Waals surface area contributed by atoms with Crippen LogP contribution in [0.4, 0.5) is 0 Å². The van der Waals surface area contributed by atoms with Crippen molar-refractivity contribution in [2.75, 3.05) is 0 Å². The van der Waals surface area contributed by atoms with Crippen molar-refractivity contribution in [3.63, 3.8) is 0 Å². The van der Waals surface area contributed by atoms with E-state index in [0.717, 1.165) is 0 Å². The van der Waals surface area contributed by atoms with E-state index in [4.69, 9.17) is 21.1 Å². The second kappa shape index (κ2) is 3.97. The van der Waals surface area contributed by atoms with Gasteiger partial charge >= 0.3 is 0 Å². The summed E-state index contributed by atoms with van der Waals surface area (Å²) in [6.07, 6.45) is -1.26. The lowest BCUT2D eigenvalue weighted by molar-refractivity contribution is -0.125. The lowest BCUT2D eigenvalue weighted by atomic mass is 10.1. The molecule has 5 N–H and O–H groups in total. The van der Waals surface area contributed by atoms with Crippen LogP contribution < -0.4 is 5.73 Å². The second-order valence-electron chi connectivity index (χ2n) is 2.95. The zero-order chi connectivity index (χ0) is 10.7. The Morgan fingerprint density at radius 3 is 2.50 bits per heavy atom. The van der Waals surface area contributed by atoms with Crippen molar-refractivity contribution in [1.29, 1.82) is 0 Å². The van der Waals surface area contributed by atoms with Gasteiger partial charge in [0.15, 0.2) is 11.5 Å². The summed E-state index contributed by atoms with van der Waals surface area (Å²) in [4.78, 5) is 10.5. The Morgan fingerprint density at radius 1 is 1.36 bits per heavy atom. The molecule has 0 radical (unpaired) electrons. The maximum atomic E-state index is 10.5. The summed E-state index contributed by atoms with van der Waals surface area (Å²) in [6, 6.07) is 4.03. The molecule has 0 aliphatic rings. The van der Waals surface area contributed by atoms with Crippen LogP contribution in [-0.2, 0) is 11.2 Å². The Kier molecular flexibility index (Phi) is 2.93. The van der Waals surface area contributed by atoms with Crippen molar-refractivity contribution in [3.05, 3.63) is 23.8 Å². The molecule has 0 unspecified atom stereocenters. The molecule has 0 heterocycles. The molecule has 5 nitrogen and oxygen atoms in total. The molecule has 1 amide bonds. The van der Waals surface area contributed by atoms with Gasteiger partial charge in [0.2, 0.25) is 5.91 Å². The zero-order valence-electron chi connectivity index (χ0n) is 7.34. The number of phenols is 2. The minimum Gasteiger partial charge on any atom is -0.504 e. The van der Waals surface area contributed by atoms with Crippen LogP contribution in [0.5, 0.6) is 11.5 Å². The average Bonchev–Trinajstić information content (AvgIpc) is 2.11. The van der Waals surface area contributed by atoms with Crippen LogP contribution in [-0.4, -0.2) is 27.3 Å². The smallest absolute Gasteiger partial charge is 0.246 e. The van der Waals surface area contributed by atoms with E-state index in [1.165, 1.54) is 18.2 Å². The van der Waals surface area contributed by atoms with Gasteiger partial charge in [-0.15, -0.1) is 0 Å². The highest BCUT2D eigenvalue weighted by Crippen LogP contribution is 2.25. The number of carbonyl (C=O) groups excluding carboxylic acids is 1. The van der Waals surface area contributed by atoms with Crippen LogP contribution in [0.15, 0.2) is 18.2 Å². The van der Waals surface area contributed by atoms with Gasteiger partial charge in [-0.2, -0.15) is 0 Å². The number of rotatable bonds is 3. The molecular weight excluding hydrogens is 186 g/mol. The summed E-state index contributed by atoms with van der Waals surface area (Å²) >= 11 is 0. The number of primary amides is 1. The normalized spacial score (nSPS) is 12.4. The summed E-state index contributed by atoms with van der Waals surface area (Å²) in [5.41, 5.74) is 5.37. The third-order valence-corrected chi connectivity index (χ3v) is 1.80. The quantitative estimate of drug-likeness (QED) is 0.490. The number of amides is 1. The topological polar surface area (TPSA) is 104 Å². The van der Waals surface area contributed by atoms with Gasteiger partial charge < -0.3 is 21.1 Å². The van der Waals surface area contributed by atoms with Gasteiger partial charge in [0.1, 0.15) is 6.10 Å². The van der Waals surface area contributed by atoms with Crippen molar-refractivity contribution >= 4 is 5.91 Å². The van der Waals surface area contributed by atoms with Gasteiger partial charge in [-0.3, -0.25) is 4.79 Å². The number of phenolic OH excluding ortho intramolecular Hbond substituents is 2. The first-order chi connectivity index (χ1) is 6.50. The summed E-state index contributed by atoms with van der Waals surface area (Å²) in [7, 11) is 0. The molecule has 1 aromatic rings. The third-order valence-electron chi connectivity index (χ3n) is 1.80. The maximum absolute atomic E-state index is 10.5. The van der Waals surface area contributed by atoms with E-state index >= 15 is 0 Å².